The van der Waals surface area contributed by atoms with Gasteiger partial charge in [0.25, 0.3) is 0 Å². The van der Waals surface area contributed by atoms with Gasteiger partial charge in [0.2, 0.25) is 0 Å². The van der Waals surface area contributed by atoms with Crippen molar-refractivity contribution in [3.05, 3.63) is 23.5 Å². The van der Waals surface area contributed by atoms with Crippen LogP contribution in [0.3, 0.4) is 0 Å². The lowest BCUT2D eigenvalue weighted by Crippen LogP contribution is -2.29. The number of aromatic amines is 1. The lowest BCUT2D eigenvalue weighted by atomic mass is 9.80. The van der Waals surface area contributed by atoms with Gasteiger partial charge in [-0.15, -0.1) is 0 Å². The number of aliphatic imine (C=N–C) groups is 1. The summed E-state index contributed by atoms with van der Waals surface area (Å²) in [6, 6.07) is 3.61. The van der Waals surface area contributed by atoms with Crippen molar-refractivity contribution < 1.29 is 27.4 Å². The summed E-state index contributed by atoms with van der Waals surface area (Å²) in [5, 5.41) is 6.96. The molecule has 1 aliphatic carbocycles. The molecule has 1 aliphatic heterocycles. The molecule has 1 aromatic rings. The second-order valence-corrected chi connectivity index (χ2v) is 7.94. The molecule has 10 heteroatoms. The molecule has 0 bridgehead atoms. The topological polar surface area (TPSA) is 114 Å². The first-order valence-electron chi connectivity index (χ1n) is 10.2. The quantitative estimate of drug-likeness (QED) is 0.348. The Kier molecular flexibility index (Phi) is 7.17. The molecule has 30 heavy (non-hydrogen) atoms. The van der Waals surface area contributed by atoms with Gasteiger partial charge in [-0.1, -0.05) is 0 Å². The van der Waals surface area contributed by atoms with Crippen molar-refractivity contribution in [1.82, 2.24) is 4.98 Å². The third-order valence-electron chi connectivity index (χ3n) is 5.84. The molecule has 0 radical (unpaired) electrons. The lowest BCUT2D eigenvalue weighted by Gasteiger charge is -2.29. The van der Waals surface area contributed by atoms with E-state index >= 15 is 0 Å². The Balaban J connectivity index is 1.39. The van der Waals surface area contributed by atoms with E-state index in [0.29, 0.717) is 18.5 Å². The molecule has 2 atom stereocenters. The largest absolute Gasteiger partial charge is 0.463 e. The molecule has 2 fully saturated rings. The van der Waals surface area contributed by atoms with Gasteiger partial charge in [0.1, 0.15) is 18.8 Å². The van der Waals surface area contributed by atoms with E-state index in [1.165, 1.54) is 0 Å². The zero-order valence-electron chi connectivity index (χ0n) is 16.6. The number of nitrogens with two attached hydrogens (primary N) is 1. The fraction of sp³-hybridized carbons (Fsp3) is 0.650. The minimum atomic E-state index is -4.14. The van der Waals surface area contributed by atoms with Gasteiger partial charge in [-0.3, -0.25) is 10.2 Å². The summed E-state index contributed by atoms with van der Waals surface area (Å²) in [7, 11) is 0. The van der Waals surface area contributed by atoms with Gasteiger partial charge in [0.15, 0.2) is 0 Å². The highest BCUT2D eigenvalue weighted by Crippen LogP contribution is 2.40. The van der Waals surface area contributed by atoms with Crippen LogP contribution in [0.1, 0.15) is 62.4 Å². The molecule has 166 valence electrons. The molecular formula is C20H27F3N4O3. The minimum absolute atomic E-state index is 0.0428. The van der Waals surface area contributed by atoms with Crippen molar-refractivity contribution in [2.45, 2.75) is 63.3 Å². The number of rotatable bonds is 7. The Hall–Kier alpha value is -2.36. The third-order valence-corrected chi connectivity index (χ3v) is 5.84. The van der Waals surface area contributed by atoms with Gasteiger partial charge in [0, 0.05) is 12.1 Å². The van der Waals surface area contributed by atoms with E-state index < -0.39 is 12.1 Å². The minimum Gasteiger partial charge on any atom is -0.463 e. The fourth-order valence-corrected chi connectivity index (χ4v) is 4.12. The number of carbonyl (C=O) groups excluding carboxylic acids is 1. The van der Waals surface area contributed by atoms with Crippen LogP contribution in [-0.2, 0) is 14.3 Å². The normalized spacial score (nSPS) is 27.8. The molecule has 0 aromatic carbocycles. The molecule has 2 aliphatic rings. The van der Waals surface area contributed by atoms with Crippen LogP contribution in [0, 0.1) is 17.2 Å². The number of amidine groups is 1. The molecule has 1 saturated carbocycles. The van der Waals surface area contributed by atoms with Gasteiger partial charge in [-0.25, -0.2) is 4.99 Å². The summed E-state index contributed by atoms with van der Waals surface area (Å²) >= 11 is 0. The predicted octanol–water partition coefficient (Wildman–Crippen LogP) is 3.85. The van der Waals surface area contributed by atoms with Crippen LogP contribution in [0.2, 0.25) is 0 Å². The van der Waals surface area contributed by atoms with Crippen molar-refractivity contribution >= 4 is 18.1 Å². The zero-order chi connectivity index (χ0) is 21.7. The second-order valence-electron chi connectivity index (χ2n) is 7.94. The Morgan fingerprint density at radius 2 is 2.00 bits per heavy atom. The van der Waals surface area contributed by atoms with Gasteiger partial charge >= 0.3 is 12.1 Å². The van der Waals surface area contributed by atoms with E-state index in [1.54, 1.807) is 6.07 Å². The van der Waals surface area contributed by atoms with Gasteiger partial charge in [0.05, 0.1) is 23.8 Å². The van der Waals surface area contributed by atoms with Crippen LogP contribution in [0.25, 0.3) is 0 Å². The number of halogens is 3. The highest BCUT2D eigenvalue weighted by molar-refractivity contribution is 5.99. The maximum Gasteiger partial charge on any atom is 0.391 e. The smallest absolute Gasteiger partial charge is 0.391 e. The maximum absolute atomic E-state index is 12.7. The SMILES string of the molecule is N=CN=C(N)c1ccc(C2CCC(COC(=O)CC3CCC(C(F)(F)F)CC3)O2)[nH]1. The third kappa shape index (κ3) is 5.84. The Labute approximate surface area is 172 Å². The molecule has 0 spiro atoms. The number of carbonyl (C=O) groups is 1. The summed E-state index contributed by atoms with van der Waals surface area (Å²) in [6.45, 7) is 0.137. The summed E-state index contributed by atoms with van der Waals surface area (Å²) < 4.78 is 49.4. The number of hydrogen-bond donors (Lipinski definition) is 3. The van der Waals surface area contributed by atoms with Crippen LogP contribution < -0.4 is 5.73 Å². The van der Waals surface area contributed by atoms with Crippen molar-refractivity contribution in [3.8, 4) is 0 Å². The van der Waals surface area contributed by atoms with Crippen molar-refractivity contribution in [3.63, 3.8) is 0 Å². The molecule has 1 aromatic heterocycles. The van der Waals surface area contributed by atoms with Gasteiger partial charge in [-0.05, 0) is 56.6 Å². The molecular weight excluding hydrogens is 401 g/mol. The number of nitrogens with zero attached hydrogens (tertiary/aromatic N) is 1. The number of hydrogen-bond acceptors (Lipinski definition) is 4. The first-order valence-corrected chi connectivity index (χ1v) is 10.2. The van der Waals surface area contributed by atoms with Crippen molar-refractivity contribution in [1.29, 1.82) is 5.41 Å². The molecule has 2 unspecified atom stereocenters. The Morgan fingerprint density at radius 1 is 1.27 bits per heavy atom. The van der Waals surface area contributed by atoms with E-state index in [-0.39, 0.29) is 55.8 Å². The Morgan fingerprint density at radius 3 is 2.67 bits per heavy atom. The van der Waals surface area contributed by atoms with Crippen LogP contribution in [0.5, 0.6) is 0 Å². The lowest BCUT2D eigenvalue weighted by molar-refractivity contribution is -0.184. The van der Waals surface area contributed by atoms with Gasteiger partial charge < -0.3 is 20.2 Å². The van der Waals surface area contributed by atoms with Gasteiger partial charge in [-0.2, -0.15) is 13.2 Å². The monoisotopic (exact) mass is 428 g/mol. The van der Waals surface area contributed by atoms with E-state index in [1.807, 2.05) is 6.07 Å². The van der Waals surface area contributed by atoms with E-state index in [4.69, 9.17) is 20.6 Å². The summed E-state index contributed by atoms with van der Waals surface area (Å²) in [4.78, 5) is 18.9. The van der Waals surface area contributed by atoms with Crippen molar-refractivity contribution in [2.24, 2.45) is 22.6 Å². The number of aromatic nitrogens is 1. The van der Waals surface area contributed by atoms with E-state index in [2.05, 4.69) is 9.98 Å². The standard InChI is InChI=1S/C20H27F3N4O3/c21-20(22,23)13-3-1-12(2-4-13)9-18(28)29-10-14-5-8-17(30-14)15-6-7-16(27-15)19(25)26-11-24/h6-7,11-14,17,27H,1-5,8-10H2,(H3,24,25,26). The van der Waals surface area contributed by atoms with Crippen LogP contribution in [-0.4, -0.2) is 42.0 Å². The summed E-state index contributed by atoms with van der Waals surface area (Å²) in [5.41, 5.74) is 7.19. The first-order chi connectivity index (χ1) is 14.3. The molecule has 1 saturated heterocycles. The molecule has 4 N–H and O–H groups in total. The molecule has 0 amide bonds. The highest BCUT2D eigenvalue weighted by Gasteiger charge is 2.41. The predicted molar refractivity (Wildman–Crippen MR) is 104 cm³/mol. The molecule has 2 heterocycles. The average Bonchev–Trinajstić information content (AvgIpc) is 3.36. The number of H-pyrrole nitrogens is 1. The van der Waals surface area contributed by atoms with Crippen LogP contribution in [0.4, 0.5) is 13.2 Å². The highest BCUT2D eigenvalue weighted by atomic mass is 19.4. The van der Waals surface area contributed by atoms with Crippen molar-refractivity contribution in [2.75, 3.05) is 6.61 Å². The number of nitrogens with one attached hydrogen (secondary N) is 2. The second kappa shape index (κ2) is 9.63. The fourth-order valence-electron chi connectivity index (χ4n) is 4.12. The number of alkyl halides is 3. The maximum atomic E-state index is 12.7. The number of ether oxygens (including phenoxy) is 2. The Bertz CT molecular complexity index is 770. The van der Waals surface area contributed by atoms with E-state index in [0.717, 1.165) is 24.9 Å². The molecule has 3 rings (SSSR count). The summed E-state index contributed by atoms with van der Waals surface area (Å²) in [5.74, 6) is -1.45. The summed E-state index contributed by atoms with van der Waals surface area (Å²) in [6.07, 6.45) is -1.04. The van der Waals surface area contributed by atoms with Crippen LogP contribution in [0.15, 0.2) is 17.1 Å². The first kappa shape index (κ1) is 22.3. The average molecular weight is 428 g/mol. The zero-order valence-corrected chi connectivity index (χ0v) is 16.6. The number of esters is 1. The molecule has 7 nitrogen and oxygen atoms in total. The van der Waals surface area contributed by atoms with Crippen LogP contribution >= 0.6 is 0 Å². The van der Waals surface area contributed by atoms with E-state index in [9.17, 15) is 18.0 Å².